The molecular formula is C11H18O. The van der Waals surface area contributed by atoms with Gasteiger partial charge >= 0.3 is 0 Å². The van der Waals surface area contributed by atoms with Crippen LogP contribution in [0.5, 0.6) is 0 Å². The summed E-state index contributed by atoms with van der Waals surface area (Å²) in [5, 5.41) is 10.1. The third-order valence-electron chi connectivity index (χ3n) is 3.15. The molecule has 1 rings (SSSR count). The molecule has 0 heterocycles. The molecule has 0 aromatic rings. The highest BCUT2D eigenvalue weighted by Gasteiger charge is 2.37. The Kier molecular flexibility index (Phi) is 2.80. The van der Waals surface area contributed by atoms with Crippen molar-refractivity contribution >= 4 is 0 Å². The van der Waals surface area contributed by atoms with Crippen molar-refractivity contribution < 1.29 is 5.11 Å². The van der Waals surface area contributed by atoms with E-state index >= 15 is 0 Å². The van der Waals surface area contributed by atoms with Gasteiger partial charge in [-0.15, -0.1) is 12.3 Å². The van der Waals surface area contributed by atoms with Gasteiger partial charge < -0.3 is 5.11 Å². The topological polar surface area (TPSA) is 20.2 Å². The molecule has 3 unspecified atom stereocenters. The minimum Gasteiger partial charge on any atom is -0.389 e. The summed E-state index contributed by atoms with van der Waals surface area (Å²) < 4.78 is 0. The van der Waals surface area contributed by atoms with E-state index < -0.39 is 5.60 Å². The maximum Gasteiger partial charge on any atom is 0.0781 e. The SMILES string of the molecule is C#CCC1(O)CCC(C)CC1C. The number of hydrogen-bond acceptors (Lipinski definition) is 1. The Balaban J connectivity index is 2.61. The van der Waals surface area contributed by atoms with E-state index in [9.17, 15) is 5.11 Å². The van der Waals surface area contributed by atoms with Crippen molar-refractivity contribution in [2.75, 3.05) is 0 Å². The van der Waals surface area contributed by atoms with Crippen molar-refractivity contribution in [3.8, 4) is 12.3 Å². The van der Waals surface area contributed by atoms with Gasteiger partial charge in [-0.2, -0.15) is 0 Å². The predicted molar refractivity (Wildman–Crippen MR) is 50.6 cm³/mol. The zero-order valence-electron chi connectivity index (χ0n) is 8.01. The Labute approximate surface area is 75.2 Å². The lowest BCUT2D eigenvalue weighted by Crippen LogP contribution is -2.40. The van der Waals surface area contributed by atoms with Gasteiger partial charge in [0.1, 0.15) is 0 Å². The van der Waals surface area contributed by atoms with Crippen molar-refractivity contribution in [3.63, 3.8) is 0 Å². The van der Waals surface area contributed by atoms with Crippen molar-refractivity contribution in [2.45, 2.75) is 45.1 Å². The summed E-state index contributed by atoms with van der Waals surface area (Å²) in [7, 11) is 0. The van der Waals surface area contributed by atoms with Crippen LogP contribution in [0.1, 0.15) is 39.5 Å². The maximum absolute atomic E-state index is 10.1. The summed E-state index contributed by atoms with van der Waals surface area (Å²) in [6.45, 7) is 4.35. The average Bonchev–Trinajstić information content (AvgIpc) is 1.99. The Morgan fingerprint density at radius 2 is 2.25 bits per heavy atom. The molecule has 0 radical (unpaired) electrons. The maximum atomic E-state index is 10.1. The first kappa shape index (κ1) is 9.61. The second kappa shape index (κ2) is 3.49. The molecule has 0 bridgehead atoms. The molecule has 1 nitrogen and oxygen atoms in total. The first-order valence-corrected chi connectivity index (χ1v) is 4.74. The Bertz CT molecular complexity index is 192. The minimum absolute atomic E-state index is 0.359. The zero-order chi connectivity index (χ0) is 9.19. The molecule has 1 heteroatoms. The largest absolute Gasteiger partial charge is 0.389 e. The fraction of sp³-hybridized carbons (Fsp3) is 0.818. The van der Waals surface area contributed by atoms with E-state index in [4.69, 9.17) is 6.42 Å². The van der Waals surface area contributed by atoms with Gasteiger partial charge in [-0.05, 0) is 31.1 Å². The van der Waals surface area contributed by atoms with Gasteiger partial charge in [0.25, 0.3) is 0 Å². The van der Waals surface area contributed by atoms with Gasteiger partial charge in [-0.25, -0.2) is 0 Å². The third kappa shape index (κ3) is 1.81. The predicted octanol–water partition coefficient (Wildman–Crippen LogP) is 2.20. The van der Waals surface area contributed by atoms with Crippen LogP contribution in [0.3, 0.4) is 0 Å². The molecule has 0 aliphatic heterocycles. The number of hydrogen-bond donors (Lipinski definition) is 1. The van der Waals surface area contributed by atoms with Crippen LogP contribution in [-0.4, -0.2) is 10.7 Å². The summed E-state index contributed by atoms with van der Waals surface area (Å²) in [4.78, 5) is 0. The van der Waals surface area contributed by atoms with E-state index in [0.717, 1.165) is 25.2 Å². The van der Waals surface area contributed by atoms with Crippen LogP contribution in [0, 0.1) is 24.2 Å². The summed E-state index contributed by atoms with van der Waals surface area (Å²) in [5.41, 5.74) is -0.568. The molecule has 1 fully saturated rings. The quantitative estimate of drug-likeness (QED) is 0.592. The fourth-order valence-electron chi connectivity index (χ4n) is 2.12. The average molecular weight is 166 g/mol. The highest BCUT2D eigenvalue weighted by molar-refractivity contribution is 4.99. The van der Waals surface area contributed by atoms with Gasteiger partial charge in [0.05, 0.1) is 5.60 Å². The number of terminal acetylenes is 1. The summed E-state index contributed by atoms with van der Waals surface area (Å²) in [5.74, 6) is 3.68. The molecule has 0 aromatic heterocycles. The van der Waals surface area contributed by atoms with Crippen LogP contribution in [0.25, 0.3) is 0 Å². The van der Waals surface area contributed by atoms with E-state index in [1.54, 1.807) is 0 Å². The van der Waals surface area contributed by atoms with E-state index in [1.807, 2.05) is 0 Å². The summed E-state index contributed by atoms with van der Waals surface area (Å²) >= 11 is 0. The van der Waals surface area contributed by atoms with Gasteiger partial charge in [-0.1, -0.05) is 13.8 Å². The molecule has 1 aliphatic carbocycles. The molecule has 1 saturated carbocycles. The monoisotopic (exact) mass is 166 g/mol. The van der Waals surface area contributed by atoms with Crippen molar-refractivity contribution in [2.24, 2.45) is 11.8 Å². The molecule has 3 atom stereocenters. The smallest absolute Gasteiger partial charge is 0.0781 e. The third-order valence-corrected chi connectivity index (χ3v) is 3.15. The van der Waals surface area contributed by atoms with Crippen molar-refractivity contribution in [1.82, 2.24) is 0 Å². The Hall–Kier alpha value is -0.480. The van der Waals surface area contributed by atoms with E-state index in [-0.39, 0.29) is 0 Å². The van der Waals surface area contributed by atoms with Crippen LogP contribution < -0.4 is 0 Å². The lowest BCUT2D eigenvalue weighted by molar-refractivity contribution is -0.0483. The first-order valence-electron chi connectivity index (χ1n) is 4.74. The van der Waals surface area contributed by atoms with Crippen LogP contribution in [0.15, 0.2) is 0 Å². The molecule has 1 N–H and O–H groups in total. The van der Waals surface area contributed by atoms with Crippen molar-refractivity contribution in [1.29, 1.82) is 0 Å². The van der Waals surface area contributed by atoms with Crippen LogP contribution in [-0.2, 0) is 0 Å². The fourth-order valence-corrected chi connectivity index (χ4v) is 2.12. The molecule has 68 valence electrons. The Morgan fingerprint density at radius 1 is 1.58 bits per heavy atom. The standard InChI is InChI=1S/C11H18O/c1-4-6-11(12)7-5-9(2)8-10(11)3/h1,9-10,12H,5-8H2,2-3H3. The van der Waals surface area contributed by atoms with E-state index in [1.165, 1.54) is 0 Å². The lowest BCUT2D eigenvalue weighted by atomic mass is 9.71. The van der Waals surface area contributed by atoms with Crippen LogP contribution >= 0.6 is 0 Å². The van der Waals surface area contributed by atoms with Gasteiger partial charge in [0.2, 0.25) is 0 Å². The molecule has 0 aromatic carbocycles. The normalized spacial score (nSPS) is 42.2. The molecule has 0 amide bonds. The zero-order valence-corrected chi connectivity index (χ0v) is 8.01. The highest BCUT2D eigenvalue weighted by atomic mass is 16.3. The molecular weight excluding hydrogens is 148 g/mol. The molecule has 0 saturated heterocycles. The van der Waals surface area contributed by atoms with E-state index in [2.05, 4.69) is 19.8 Å². The summed E-state index contributed by atoms with van der Waals surface area (Å²) in [6.07, 6.45) is 8.84. The van der Waals surface area contributed by atoms with Gasteiger partial charge in [-0.3, -0.25) is 0 Å². The molecule has 1 aliphatic rings. The number of rotatable bonds is 1. The minimum atomic E-state index is -0.568. The van der Waals surface area contributed by atoms with Crippen LogP contribution in [0.2, 0.25) is 0 Å². The molecule has 12 heavy (non-hydrogen) atoms. The second-order valence-corrected chi connectivity index (χ2v) is 4.27. The first-order chi connectivity index (χ1) is 5.58. The highest BCUT2D eigenvalue weighted by Crippen LogP contribution is 2.38. The van der Waals surface area contributed by atoms with Crippen molar-refractivity contribution in [3.05, 3.63) is 0 Å². The van der Waals surface area contributed by atoms with Crippen LogP contribution in [0.4, 0.5) is 0 Å². The van der Waals surface area contributed by atoms with Gasteiger partial charge in [0.15, 0.2) is 0 Å². The Morgan fingerprint density at radius 3 is 2.75 bits per heavy atom. The van der Waals surface area contributed by atoms with Gasteiger partial charge in [0, 0.05) is 6.42 Å². The van der Waals surface area contributed by atoms with E-state index in [0.29, 0.717) is 12.3 Å². The second-order valence-electron chi connectivity index (χ2n) is 4.27. The lowest BCUT2D eigenvalue weighted by Gasteiger charge is -2.39. The summed E-state index contributed by atoms with van der Waals surface area (Å²) in [6, 6.07) is 0. The molecule has 0 spiro atoms. The number of aliphatic hydroxyl groups is 1.